The van der Waals surface area contributed by atoms with E-state index < -0.39 is 0 Å². The van der Waals surface area contributed by atoms with E-state index in [0.29, 0.717) is 12.5 Å². The minimum absolute atomic E-state index is 0.336. The standard InChI is InChI=1S/C8H15N3O/c1-7(2)5-8(12)6-11-9-3-4-10-11/h3-4,7-8,12H,5-6H2,1-2H3/t8-/m0/s1. The molecule has 4 nitrogen and oxygen atoms in total. The van der Waals surface area contributed by atoms with Crippen LogP contribution in [0.3, 0.4) is 0 Å². The number of hydrogen-bond acceptors (Lipinski definition) is 3. The van der Waals surface area contributed by atoms with E-state index in [1.807, 2.05) is 0 Å². The Kier molecular flexibility index (Phi) is 3.22. The number of hydrogen-bond donors (Lipinski definition) is 1. The zero-order valence-corrected chi connectivity index (χ0v) is 7.51. The average Bonchev–Trinajstić information content (AvgIpc) is 2.37. The van der Waals surface area contributed by atoms with Crippen LogP contribution >= 0.6 is 0 Å². The van der Waals surface area contributed by atoms with Crippen molar-refractivity contribution in [3.8, 4) is 0 Å². The van der Waals surface area contributed by atoms with Crippen LogP contribution in [0.1, 0.15) is 20.3 Å². The first-order valence-electron chi connectivity index (χ1n) is 4.20. The quantitative estimate of drug-likeness (QED) is 0.721. The summed E-state index contributed by atoms with van der Waals surface area (Å²) >= 11 is 0. The molecule has 0 saturated carbocycles. The Labute approximate surface area is 72.2 Å². The van der Waals surface area contributed by atoms with Crippen LogP contribution in [0.2, 0.25) is 0 Å². The van der Waals surface area contributed by atoms with E-state index in [-0.39, 0.29) is 6.10 Å². The third kappa shape index (κ3) is 3.00. The van der Waals surface area contributed by atoms with Crippen LogP contribution in [0, 0.1) is 5.92 Å². The highest BCUT2D eigenvalue weighted by Gasteiger charge is 2.07. The molecule has 1 heterocycles. The van der Waals surface area contributed by atoms with Crippen molar-refractivity contribution >= 4 is 0 Å². The molecule has 4 heteroatoms. The Morgan fingerprint density at radius 3 is 2.42 bits per heavy atom. The van der Waals surface area contributed by atoms with Crippen LogP contribution in [0.4, 0.5) is 0 Å². The molecule has 68 valence electrons. The summed E-state index contributed by atoms with van der Waals surface area (Å²) in [6.07, 6.45) is 3.68. The van der Waals surface area contributed by atoms with E-state index in [0.717, 1.165) is 6.42 Å². The zero-order valence-electron chi connectivity index (χ0n) is 7.51. The molecule has 1 atom stereocenters. The molecule has 1 rings (SSSR count). The molecular weight excluding hydrogens is 154 g/mol. The maximum atomic E-state index is 9.49. The summed E-state index contributed by atoms with van der Waals surface area (Å²) in [5.74, 6) is 0.510. The molecule has 0 spiro atoms. The van der Waals surface area contributed by atoms with Crippen molar-refractivity contribution in [2.24, 2.45) is 5.92 Å². The highest BCUT2D eigenvalue weighted by Crippen LogP contribution is 2.05. The summed E-state index contributed by atoms with van der Waals surface area (Å²) < 4.78 is 0. The summed E-state index contributed by atoms with van der Waals surface area (Å²) in [5.41, 5.74) is 0. The Bertz CT molecular complexity index is 208. The lowest BCUT2D eigenvalue weighted by Crippen LogP contribution is -2.19. The third-order valence-electron chi connectivity index (χ3n) is 1.58. The number of aliphatic hydroxyl groups excluding tert-OH is 1. The second-order valence-electron chi connectivity index (χ2n) is 3.37. The normalized spacial score (nSPS) is 13.7. The first-order valence-corrected chi connectivity index (χ1v) is 4.20. The topological polar surface area (TPSA) is 50.9 Å². The van der Waals surface area contributed by atoms with Crippen molar-refractivity contribution in [1.82, 2.24) is 15.0 Å². The van der Waals surface area contributed by atoms with Gasteiger partial charge in [-0.1, -0.05) is 13.8 Å². The fourth-order valence-electron chi connectivity index (χ4n) is 1.14. The highest BCUT2D eigenvalue weighted by molar-refractivity contribution is 4.63. The molecule has 1 N–H and O–H groups in total. The molecule has 0 aliphatic heterocycles. The van der Waals surface area contributed by atoms with E-state index in [1.165, 1.54) is 4.80 Å². The highest BCUT2D eigenvalue weighted by atomic mass is 16.3. The van der Waals surface area contributed by atoms with Crippen molar-refractivity contribution < 1.29 is 5.11 Å². The van der Waals surface area contributed by atoms with E-state index in [4.69, 9.17) is 0 Å². The number of nitrogens with zero attached hydrogens (tertiary/aromatic N) is 3. The molecular formula is C8H15N3O. The molecule has 0 radical (unpaired) electrons. The van der Waals surface area contributed by atoms with Gasteiger partial charge in [0.2, 0.25) is 0 Å². The van der Waals surface area contributed by atoms with Gasteiger partial charge in [0.25, 0.3) is 0 Å². The van der Waals surface area contributed by atoms with Gasteiger partial charge in [-0.15, -0.1) is 0 Å². The van der Waals surface area contributed by atoms with Gasteiger partial charge in [-0.25, -0.2) is 0 Å². The first kappa shape index (κ1) is 9.19. The van der Waals surface area contributed by atoms with Crippen LogP contribution < -0.4 is 0 Å². The predicted octanol–water partition coefficient (Wildman–Crippen LogP) is 0.685. The van der Waals surface area contributed by atoms with Gasteiger partial charge in [0.05, 0.1) is 25.0 Å². The molecule has 0 amide bonds. The van der Waals surface area contributed by atoms with Crippen molar-refractivity contribution in [1.29, 1.82) is 0 Å². The largest absolute Gasteiger partial charge is 0.391 e. The van der Waals surface area contributed by atoms with Crippen molar-refractivity contribution in [2.45, 2.75) is 32.9 Å². The Morgan fingerprint density at radius 2 is 1.92 bits per heavy atom. The molecule has 0 aliphatic carbocycles. The molecule has 0 saturated heterocycles. The van der Waals surface area contributed by atoms with Gasteiger partial charge in [0, 0.05) is 0 Å². The number of rotatable bonds is 4. The lowest BCUT2D eigenvalue weighted by Gasteiger charge is -2.11. The maximum absolute atomic E-state index is 9.49. The third-order valence-corrected chi connectivity index (χ3v) is 1.58. The second kappa shape index (κ2) is 4.21. The molecule has 0 fully saturated rings. The fourth-order valence-corrected chi connectivity index (χ4v) is 1.14. The maximum Gasteiger partial charge on any atom is 0.0866 e. The molecule has 0 unspecified atom stereocenters. The van der Waals surface area contributed by atoms with Crippen LogP contribution in [-0.2, 0) is 6.54 Å². The van der Waals surface area contributed by atoms with Crippen LogP contribution in [0.25, 0.3) is 0 Å². The monoisotopic (exact) mass is 169 g/mol. The summed E-state index contributed by atoms with van der Waals surface area (Å²) in [6, 6.07) is 0. The van der Waals surface area contributed by atoms with E-state index in [2.05, 4.69) is 24.0 Å². The van der Waals surface area contributed by atoms with Gasteiger partial charge in [-0.2, -0.15) is 15.0 Å². The van der Waals surface area contributed by atoms with Crippen molar-refractivity contribution in [3.05, 3.63) is 12.4 Å². The van der Waals surface area contributed by atoms with Crippen molar-refractivity contribution in [3.63, 3.8) is 0 Å². The summed E-state index contributed by atoms with van der Waals surface area (Å²) in [5, 5.41) is 17.3. The SMILES string of the molecule is CC(C)C[C@H](O)Cn1nccn1. The fraction of sp³-hybridized carbons (Fsp3) is 0.750. The predicted molar refractivity (Wildman–Crippen MR) is 45.5 cm³/mol. The van der Waals surface area contributed by atoms with Gasteiger partial charge in [0.1, 0.15) is 0 Å². The lowest BCUT2D eigenvalue weighted by molar-refractivity contribution is 0.120. The minimum atomic E-state index is -0.336. The van der Waals surface area contributed by atoms with Crippen LogP contribution in [0.15, 0.2) is 12.4 Å². The first-order chi connectivity index (χ1) is 5.68. The van der Waals surface area contributed by atoms with E-state index >= 15 is 0 Å². The molecule has 1 aromatic rings. The van der Waals surface area contributed by atoms with Crippen LogP contribution in [0.5, 0.6) is 0 Å². The zero-order chi connectivity index (χ0) is 8.97. The smallest absolute Gasteiger partial charge is 0.0866 e. The number of aliphatic hydroxyl groups is 1. The van der Waals surface area contributed by atoms with E-state index in [9.17, 15) is 5.11 Å². The summed E-state index contributed by atoms with van der Waals surface area (Å²) in [7, 11) is 0. The Morgan fingerprint density at radius 1 is 1.33 bits per heavy atom. The van der Waals surface area contributed by atoms with Gasteiger partial charge in [0.15, 0.2) is 0 Å². The van der Waals surface area contributed by atoms with E-state index in [1.54, 1.807) is 12.4 Å². The Hall–Kier alpha value is -0.900. The van der Waals surface area contributed by atoms with Gasteiger partial charge in [-0.3, -0.25) is 0 Å². The molecule has 0 aliphatic rings. The van der Waals surface area contributed by atoms with Crippen molar-refractivity contribution in [2.75, 3.05) is 0 Å². The number of aromatic nitrogens is 3. The molecule has 12 heavy (non-hydrogen) atoms. The van der Waals surface area contributed by atoms with Gasteiger partial charge >= 0.3 is 0 Å². The molecule has 0 aromatic carbocycles. The second-order valence-corrected chi connectivity index (χ2v) is 3.37. The minimum Gasteiger partial charge on any atom is -0.391 e. The Balaban J connectivity index is 2.32. The average molecular weight is 169 g/mol. The summed E-state index contributed by atoms with van der Waals surface area (Å²) in [6.45, 7) is 4.66. The molecule has 1 aromatic heterocycles. The molecule has 0 bridgehead atoms. The van der Waals surface area contributed by atoms with Gasteiger partial charge in [-0.05, 0) is 12.3 Å². The summed E-state index contributed by atoms with van der Waals surface area (Å²) in [4.78, 5) is 1.51. The van der Waals surface area contributed by atoms with Gasteiger partial charge < -0.3 is 5.11 Å². The lowest BCUT2D eigenvalue weighted by atomic mass is 10.1. The van der Waals surface area contributed by atoms with Crippen LogP contribution in [-0.4, -0.2) is 26.2 Å².